The molecule has 0 unspecified atom stereocenters. The summed E-state index contributed by atoms with van der Waals surface area (Å²) in [5, 5.41) is 1.40. The standard InChI is InChI=1S/C8H11Si/c1-6-4-3-5-8(9)7(6)2/h3-4H,1-2,9H3. The minimum atomic E-state index is 1.12. The Bertz CT molecular complexity index is 196. The van der Waals surface area contributed by atoms with Crippen molar-refractivity contribution in [2.75, 3.05) is 0 Å². The largest absolute Gasteiger partial charge is 0.0600 e. The van der Waals surface area contributed by atoms with Crippen molar-refractivity contribution in [3.05, 3.63) is 29.3 Å². The highest BCUT2D eigenvalue weighted by Gasteiger charge is 1.92. The zero-order chi connectivity index (χ0) is 6.85. The van der Waals surface area contributed by atoms with E-state index in [1.165, 1.54) is 16.3 Å². The molecular weight excluding hydrogens is 124 g/mol. The molecule has 47 valence electrons. The van der Waals surface area contributed by atoms with Gasteiger partial charge in [-0.05, 0) is 31.0 Å². The third-order valence-corrected chi connectivity index (χ3v) is 2.83. The highest BCUT2D eigenvalue weighted by atomic mass is 28.1. The van der Waals surface area contributed by atoms with E-state index in [1.54, 1.807) is 0 Å². The molecule has 0 N–H and O–H groups in total. The van der Waals surface area contributed by atoms with Gasteiger partial charge in [-0.2, -0.15) is 0 Å². The summed E-state index contributed by atoms with van der Waals surface area (Å²) in [5.41, 5.74) is 2.81. The predicted octanol–water partition coefficient (Wildman–Crippen LogP) is 0.0943. The summed E-state index contributed by atoms with van der Waals surface area (Å²) in [7, 11) is 1.12. The van der Waals surface area contributed by atoms with E-state index in [2.05, 4.69) is 26.0 Å². The minimum Gasteiger partial charge on any atom is -0.0600 e. The van der Waals surface area contributed by atoms with Crippen molar-refractivity contribution in [1.82, 2.24) is 0 Å². The van der Waals surface area contributed by atoms with Gasteiger partial charge < -0.3 is 0 Å². The van der Waals surface area contributed by atoms with E-state index in [-0.39, 0.29) is 0 Å². The Morgan fingerprint density at radius 3 is 2.56 bits per heavy atom. The van der Waals surface area contributed by atoms with E-state index in [1.807, 2.05) is 6.07 Å². The summed E-state index contributed by atoms with van der Waals surface area (Å²) in [6, 6.07) is 7.31. The van der Waals surface area contributed by atoms with Gasteiger partial charge in [-0.3, -0.25) is 0 Å². The van der Waals surface area contributed by atoms with E-state index in [4.69, 9.17) is 0 Å². The molecule has 1 rings (SSSR count). The van der Waals surface area contributed by atoms with E-state index < -0.39 is 0 Å². The quantitative estimate of drug-likeness (QED) is 0.442. The lowest BCUT2D eigenvalue weighted by Gasteiger charge is -2.00. The summed E-state index contributed by atoms with van der Waals surface area (Å²) in [6.07, 6.45) is 0. The average molecular weight is 135 g/mol. The van der Waals surface area contributed by atoms with Crippen molar-refractivity contribution in [3.8, 4) is 0 Å². The molecule has 1 radical (unpaired) electrons. The second-order valence-electron chi connectivity index (χ2n) is 2.41. The second kappa shape index (κ2) is 2.36. The fraction of sp³-hybridized carbons (Fsp3) is 0.250. The number of hydrogen-bond acceptors (Lipinski definition) is 0. The number of rotatable bonds is 0. The van der Waals surface area contributed by atoms with Crippen LogP contribution in [-0.2, 0) is 0 Å². The summed E-state index contributed by atoms with van der Waals surface area (Å²) in [5.74, 6) is 0. The van der Waals surface area contributed by atoms with Crippen molar-refractivity contribution >= 4 is 15.4 Å². The number of hydrogen-bond donors (Lipinski definition) is 0. The molecule has 1 heteroatoms. The van der Waals surface area contributed by atoms with Gasteiger partial charge in [-0.25, -0.2) is 0 Å². The van der Waals surface area contributed by atoms with E-state index in [0.717, 1.165) is 10.2 Å². The van der Waals surface area contributed by atoms with E-state index in [0.29, 0.717) is 0 Å². The molecule has 0 nitrogen and oxygen atoms in total. The van der Waals surface area contributed by atoms with Crippen molar-refractivity contribution < 1.29 is 0 Å². The van der Waals surface area contributed by atoms with Crippen molar-refractivity contribution in [1.29, 1.82) is 0 Å². The van der Waals surface area contributed by atoms with Crippen LogP contribution in [-0.4, -0.2) is 10.2 Å². The Morgan fingerprint density at radius 1 is 1.44 bits per heavy atom. The van der Waals surface area contributed by atoms with Gasteiger partial charge in [0.05, 0.1) is 0 Å². The van der Waals surface area contributed by atoms with E-state index in [9.17, 15) is 0 Å². The Hall–Kier alpha value is -0.563. The van der Waals surface area contributed by atoms with Crippen LogP contribution in [0, 0.1) is 19.9 Å². The van der Waals surface area contributed by atoms with Crippen LogP contribution in [0.25, 0.3) is 0 Å². The fourth-order valence-electron chi connectivity index (χ4n) is 0.821. The maximum Gasteiger partial charge on any atom is 0.0396 e. The molecule has 0 saturated heterocycles. The Kier molecular flexibility index (Phi) is 1.72. The van der Waals surface area contributed by atoms with Crippen LogP contribution in [0.1, 0.15) is 11.1 Å². The van der Waals surface area contributed by atoms with Gasteiger partial charge in [-0.15, -0.1) is 0 Å². The number of benzene rings is 1. The van der Waals surface area contributed by atoms with Crippen molar-refractivity contribution in [2.24, 2.45) is 0 Å². The molecule has 0 aliphatic carbocycles. The van der Waals surface area contributed by atoms with Gasteiger partial charge >= 0.3 is 0 Å². The van der Waals surface area contributed by atoms with Crippen LogP contribution in [0.15, 0.2) is 12.1 Å². The maximum absolute atomic E-state index is 3.20. The number of aryl methyl sites for hydroxylation is 1. The first kappa shape index (κ1) is 6.56. The Balaban J connectivity index is 3.25. The lowest BCUT2D eigenvalue weighted by atomic mass is 10.1. The first-order valence-corrected chi connectivity index (χ1v) is 4.16. The predicted molar refractivity (Wildman–Crippen MR) is 44.3 cm³/mol. The monoisotopic (exact) mass is 135 g/mol. The minimum absolute atomic E-state index is 1.12. The van der Waals surface area contributed by atoms with Gasteiger partial charge in [0.2, 0.25) is 0 Å². The molecule has 1 aromatic carbocycles. The molecule has 0 spiro atoms. The van der Waals surface area contributed by atoms with Gasteiger partial charge in [0, 0.05) is 10.2 Å². The molecule has 9 heavy (non-hydrogen) atoms. The van der Waals surface area contributed by atoms with Gasteiger partial charge in [-0.1, -0.05) is 17.3 Å². The van der Waals surface area contributed by atoms with Gasteiger partial charge in [0.15, 0.2) is 0 Å². The molecular formula is C8H11Si. The van der Waals surface area contributed by atoms with Crippen molar-refractivity contribution in [3.63, 3.8) is 0 Å². The first-order chi connectivity index (χ1) is 4.22. The van der Waals surface area contributed by atoms with Crippen LogP contribution < -0.4 is 5.19 Å². The van der Waals surface area contributed by atoms with Gasteiger partial charge in [0.1, 0.15) is 0 Å². The Labute approximate surface area is 59.3 Å². The normalized spacial score (nSPS) is 10.0. The molecule has 0 aromatic heterocycles. The Morgan fingerprint density at radius 2 is 2.11 bits per heavy atom. The second-order valence-corrected chi connectivity index (χ2v) is 3.41. The summed E-state index contributed by atoms with van der Waals surface area (Å²) in [6.45, 7) is 4.30. The van der Waals surface area contributed by atoms with Crippen LogP contribution in [0.5, 0.6) is 0 Å². The first-order valence-electron chi connectivity index (χ1n) is 3.16. The zero-order valence-corrected chi connectivity index (χ0v) is 8.15. The third kappa shape index (κ3) is 1.22. The highest BCUT2D eigenvalue weighted by molar-refractivity contribution is 6.33. The van der Waals surface area contributed by atoms with Crippen LogP contribution in [0.4, 0.5) is 0 Å². The highest BCUT2D eigenvalue weighted by Crippen LogP contribution is 1.99. The molecule has 1 aromatic rings. The lowest BCUT2D eigenvalue weighted by molar-refractivity contribution is 1.37. The smallest absolute Gasteiger partial charge is 0.0396 e. The lowest BCUT2D eigenvalue weighted by Crippen LogP contribution is -2.07. The molecule has 0 bridgehead atoms. The van der Waals surface area contributed by atoms with Crippen molar-refractivity contribution in [2.45, 2.75) is 13.8 Å². The molecule has 0 saturated carbocycles. The molecule has 0 fully saturated rings. The molecule has 0 heterocycles. The maximum atomic E-state index is 3.20. The fourth-order valence-corrected chi connectivity index (χ4v) is 1.38. The van der Waals surface area contributed by atoms with Gasteiger partial charge in [0.25, 0.3) is 0 Å². The summed E-state index contributed by atoms with van der Waals surface area (Å²) < 4.78 is 0. The van der Waals surface area contributed by atoms with E-state index >= 15 is 0 Å². The molecule has 0 atom stereocenters. The summed E-state index contributed by atoms with van der Waals surface area (Å²) in [4.78, 5) is 0. The van der Waals surface area contributed by atoms with Crippen LogP contribution >= 0.6 is 0 Å². The third-order valence-electron chi connectivity index (χ3n) is 1.79. The topological polar surface area (TPSA) is 0 Å². The van der Waals surface area contributed by atoms with Crippen LogP contribution in [0.2, 0.25) is 0 Å². The molecule has 0 amide bonds. The molecule has 0 aliphatic heterocycles. The zero-order valence-electron chi connectivity index (χ0n) is 6.15. The average Bonchev–Trinajstić information content (AvgIpc) is 1.83. The molecule has 0 aliphatic rings. The SMILES string of the molecule is Cc1cc[c]c([SiH3])c1C. The summed E-state index contributed by atoms with van der Waals surface area (Å²) >= 11 is 0. The van der Waals surface area contributed by atoms with Crippen LogP contribution in [0.3, 0.4) is 0 Å².